The average Bonchev–Trinajstić information content (AvgIpc) is 2.60. The number of carboxylic acids is 2. The Hall–Kier alpha value is -1.19. The summed E-state index contributed by atoms with van der Waals surface area (Å²) in [6.07, 6.45) is 6.50. The molecule has 3 N–H and O–H groups in total. The SMILES string of the molecule is CCCCCCCCCCCCC(CC(=O)O)(C(=O)O)S(=O)(=O)OC(O)CC. The van der Waals surface area contributed by atoms with Crippen molar-refractivity contribution in [2.75, 3.05) is 0 Å². The summed E-state index contributed by atoms with van der Waals surface area (Å²) < 4.78 is 26.9. The predicted octanol–water partition coefficient (Wildman–Crippen LogP) is 3.67. The quantitative estimate of drug-likeness (QED) is 0.172. The number of aliphatic carboxylic acids is 2. The first kappa shape index (κ1) is 26.8. The summed E-state index contributed by atoms with van der Waals surface area (Å²) in [5, 5.41) is 28.1. The summed E-state index contributed by atoms with van der Waals surface area (Å²) in [5.41, 5.74) is 0. The Labute approximate surface area is 168 Å². The number of unbranched alkanes of at least 4 members (excludes halogenated alkanes) is 9. The van der Waals surface area contributed by atoms with Gasteiger partial charge in [-0.1, -0.05) is 78.1 Å². The number of carboxylic acid groups (broad SMARTS) is 2. The van der Waals surface area contributed by atoms with Gasteiger partial charge in [-0.2, -0.15) is 8.42 Å². The Morgan fingerprint density at radius 2 is 1.36 bits per heavy atom. The summed E-state index contributed by atoms with van der Waals surface area (Å²) in [7, 11) is -4.83. The maximum atomic E-state index is 12.5. The molecule has 8 nitrogen and oxygen atoms in total. The van der Waals surface area contributed by atoms with E-state index in [0.29, 0.717) is 6.42 Å². The van der Waals surface area contributed by atoms with E-state index in [2.05, 4.69) is 11.1 Å². The molecule has 28 heavy (non-hydrogen) atoms. The van der Waals surface area contributed by atoms with Gasteiger partial charge >= 0.3 is 11.9 Å². The van der Waals surface area contributed by atoms with Crippen molar-refractivity contribution in [2.45, 2.75) is 108 Å². The van der Waals surface area contributed by atoms with Gasteiger partial charge in [0.05, 0.1) is 6.42 Å². The van der Waals surface area contributed by atoms with Gasteiger partial charge in [0, 0.05) is 0 Å². The number of carbonyl (C=O) groups is 2. The number of hydrogen-bond acceptors (Lipinski definition) is 6. The number of rotatable bonds is 18. The Morgan fingerprint density at radius 3 is 1.75 bits per heavy atom. The van der Waals surface area contributed by atoms with Crippen LogP contribution in [0.5, 0.6) is 0 Å². The van der Waals surface area contributed by atoms with E-state index in [0.717, 1.165) is 25.7 Å². The normalized spacial score (nSPS) is 15.1. The van der Waals surface area contributed by atoms with Crippen molar-refractivity contribution in [3.63, 3.8) is 0 Å². The van der Waals surface area contributed by atoms with Crippen molar-refractivity contribution in [1.29, 1.82) is 0 Å². The second-order valence-corrected chi connectivity index (χ2v) is 9.10. The highest BCUT2D eigenvalue weighted by Gasteiger charge is 2.54. The lowest BCUT2D eigenvalue weighted by molar-refractivity contribution is -0.147. The molecule has 0 aliphatic heterocycles. The summed E-state index contributed by atoms with van der Waals surface area (Å²) in [6.45, 7) is 3.62. The molecule has 0 saturated heterocycles. The first-order valence-corrected chi connectivity index (χ1v) is 11.6. The highest BCUT2D eigenvalue weighted by Crippen LogP contribution is 2.32. The van der Waals surface area contributed by atoms with Crippen LogP contribution in [0.4, 0.5) is 0 Å². The summed E-state index contributed by atoms with van der Waals surface area (Å²) in [5.74, 6) is -3.32. The van der Waals surface area contributed by atoms with Crippen molar-refractivity contribution in [2.24, 2.45) is 0 Å². The van der Waals surface area contributed by atoms with E-state index >= 15 is 0 Å². The Kier molecular flexibility index (Phi) is 13.3. The lowest BCUT2D eigenvalue weighted by Gasteiger charge is -2.28. The molecular weight excluding hydrogens is 388 g/mol. The average molecular weight is 425 g/mol. The van der Waals surface area contributed by atoms with Crippen LogP contribution >= 0.6 is 0 Å². The van der Waals surface area contributed by atoms with E-state index in [1.165, 1.54) is 32.6 Å². The van der Waals surface area contributed by atoms with Crippen LogP contribution in [-0.2, 0) is 23.9 Å². The zero-order valence-electron chi connectivity index (χ0n) is 17.1. The number of aliphatic hydroxyl groups excluding tert-OH is 1. The second kappa shape index (κ2) is 13.9. The van der Waals surface area contributed by atoms with Gasteiger partial charge in [0.2, 0.25) is 4.75 Å². The fourth-order valence-corrected chi connectivity index (χ4v) is 4.56. The molecule has 0 radical (unpaired) electrons. The largest absolute Gasteiger partial charge is 0.481 e. The third kappa shape index (κ3) is 9.34. The molecule has 0 bridgehead atoms. The fraction of sp³-hybridized carbons (Fsp3) is 0.895. The summed E-state index contributed by atoms with van der Waals surface area (Å²) in [6, 6.07) is 0. The van der Waals surface area contributed by atoms with E-state index in [1.54, 1.807) is 0 Å². The predicted molar refractivity (Wildman–Crippen MR) is 105 cm³/mol. The van der Waals surface area contributed by atoms with Gasteiger partial charge in [-0.25, -0.2) is 4.18 Å². The zero-order valence-corrected chi connectivity index (χ0v) is 17.9. The van der Waals surface area contributed by atoms with E-state index < -0.39 is 39.5 Å². The van der Waals surface area contributed by atoms with Gasteiger partial charge in [-0.15, -0.1) is 0 Å². The number of hydrogen-bond donors (Lipinski definition) is 3. The van der Waals surface area contributed by atoms with Crippen LogP contribution in [0.2, 0.25) is 0 Å². The van der Waals surface area contributed by atoms with Crippen LogP contribution in [0.25, 0.3) is 0 Å². The van der Waals surface area contributed by atoms with Gasteiger partial charge < -0.3 is 15.3 Å². The summed E-state index contributed by atoms with van der Waals surface area (Å²) in [4.78, 5) is 22.9. The minimum atomic E-state index is -4.83. The third-order valence-electron chi connectivity index (χ3n) is 4.83. The zero-order chi connectivity index (χ0) is 21.6. The van der Waals surface area contributed by atoms with Crippen LogP contribution in [0.1, 0.15) is 97.3 Å². The molecule has 0 aliphatic rings. The molecule has 9 heteroatoms. The van der Waals surface area contributed by atoms with Gasteiger partial charge in [0.15, 0.2) is 6.29 Å². The molecule has 166 valence electrons. The van der Waals surface area contributed by atoms with Gasteiger partial charge in [-0.3, -0.25) is 9.59 Å². The van der Waals surface area contributed by atoms with Gasteiger partial charge in [-0.05, 0) is 12.8 Å². The van der Waals surface area contributed by atoms with Crippen molar-refractivity contribution < 1.29 is 37.5 Å². The van der Waals surface area contributed by atoms with Crippen LogP contribution in [-0.4, -0.2) is 46.7 Å². The van der Waals surface area contributed by atoms with E-state index in [1.807, 2.05) is 0 Å². The topological polar surface area (TPSA) is 138 Å². The molecule has 0 saturated carbocycles. The smallest absolute Gasteiger partial charge is 0.328 e. The molecule has 0 rings (SSSR count). The molecule has 0 fully saturated rings. The molecule has 0 aromatic heterocycles. The molecule has 0 aromatic carbocycles. The van der Waals surface area contributed by atoms with Gasteiger partial charge in [0.1, 0.15) is 0 Å². The van der Waals surface area contributed by atoms with Crippen molar-refractivity contribution >= 4 is 22.1 Å². The lowest BCUT2D eigenvalue weighted by atomic mass is 9.96. The highest BCUT2D eigenvalue weighted by atomic mass is 32.2. The van der Waals surface area contributed by atoms with Crippen LogP contribution < -0.4 is 0 Å². The van der Waals surface area contributed by atoms with Crippen LogP contribution in [0, 0.1) is 0 Å². The second-order valence-electron chi connectivity index (χ2n) is 7.22. The van der Waals surface area contributed by atoms with E-state index in [9.17, 15) is 28.2 Å². The maximum absolute atomic E-state index is 12.5. The molecule has 0 aliphatic carbocycles. The molecule has 0 aromatic rings. The van der Waals surface area contributed by atoms with Crippen molar-refractivity contribution in [3.8, 4) is 0 Å². The standard InChI is InChI=1S/C19H36O8S/c1-3-5-6-7-8-9-10-11-12-13-14-19(18(23)24,15-16(20)21)28(25,26)27-17(22)4-2/h17,22H,3-15H2,1-2H3,(H,20,21)(H,23,24). The third-order valence-corrected chi connectivity index (χ3v) is 6.78. The maximum Gasteiger partial charge on any atom is 0.328 e. The molecular formula is C19H36O8S. The Balaban J connectivity index is 4.76. The monoisotopic (exact) mass is 424 g/mol. The molecule has 0 spiro atoms. The lowest BCUT2D eigenvalue weighted by Crippen LogP contribution is -2.50. The summed E-state index contributed by atoms with van der Waals surface area (Å²) >= 11 is 0. The number of aliphatic hydroxyl groups is 1. The Bertz CT molecular complexity index is 560. The van der Waals surface area contributed by atoms with Crippen LogP contribution in [0.15, 0.2) is 0 Å². The first-order valence-electron chi connectivity index (χ1n) is 10.2. The minimum absolute atomic E-state index is 0.0692. The highest BCUT2D eigenvalue weighted by molar-refractivity contribution is 7.89. The molecule has 2 unspecified atom stereocenters. The fourth-order valence-electron chi connectivity index (χ4n) is 3.04. The molecule has 0 heterocycles. The molecule has 2 atom stereocenters. The van der Waals surface area contributed by atoms with Gasteiger partial charge in [0.25, 0.3) is 10.1 Å². The molecule has 0 amide bonds. The first-order chi connectivity index (χ1) is 13.1. The van der Waals surface area contributed by atoms with E-state index in [-0.39, 0.29) is 19.3 Å². The minimum Gasteiger partial charge on any atom is -0.481 e. The van der Waals surface area contributed by atoms with E-state index in [4.69, 9.17) is 5.11 Å². The van der Waals surface area contributed by atoms with Crippen molar-refractivity contribution in [1.82, 2.24) is 0 Å². The Morgan fingerprint density at radius 1 is 0.893 bits per heavy atom. The van der Waals surface area contributed by atoms with Crippen LogP contribution in [0.3, 0.4) is 0 Å². The van der Waals surface area contributed by atoms with Crippen molar-refractivity contribution in [3.05, 3.63) is 0 Å².